The minimum atomic E-state index is -0.264. The molecule has 1 fully saturated rings. The van der Waals surface area contributed by atoms with E-state index < -0.39 is 0 Å². The van der Waals surface area contributed by atoms with Gasteiger partial charge in [-0.2, -0.15) is 4.98 Å². The number of hydrogen-bond donors (Lipinski definition) is 2. The predicted octanol–water partition coefficient (Wildman–Crippen LogP) is 5.72. The topological polar surface area (TPSA) is 67.7 Å². The molecule has 3 heterocycles. The van der Waals surface area contributed by atoms with E-state index >= 15 is 0 Å². The van der Waals surface area contributed by atoms with Crippen LogP contribution in [0.3, 0.4) is 0 Å². The van der Waals surface area contributed by atoms with Crippen LogP contribution in [-0.2, 0) is 6.54 Å². The molecule has 0 radical (unpaired) electrons. The van der Waals surface area contributed by atoms with Crippen LogP contribution in [0.5, 0.6) is 0 Å². The van der Waals surface area contributed by atoms with Crippen molar-refractivity contribution in [2.24, 2.45) is 5.92 Å². The van der Waals surface area contributed by atoms with Gasteiger partial charge in [-0.25, -0.2) is 14.4 Å². The Labute approximate surface area is 201 Å². The van der Waals surface area contributed by atoms with Crippen molar-refractivity contribution in [3.05, 3.63) is 70.1 Å². The molecule has 0 aliphatic carbocycles. The van der Waals surface area contributed by atoms with E-state index in [0.29, 0.717) is 38.8 Å². The summed E-state index contributed by atoms with van der Waals surface area (Å²) in [5, 5.41) is 7.81. The molecule has 1 saturated heterocycles. The number of aromatic nitrogens is 4. The SMILES string of the molecule is CC(Nc1ncc2nc(-c3c(Cl)cccc3Cl)n(CC3CCNC3)c2n1)c1ccc(F)cc1. The smallest absolute Gasteiger partial charge is 0.225 e. The van der Waals surface area contributed by atoms with Crippen molar-refractivity contribution in [2.75, 3.05) is 18.4 Å². The zero-order chi connectivity index (χ0) is 22.9. The zero-order valence-electron chi connectivity index (χ0n) is 18.0. The highest BCUT2D eigenvalue weighted by molar-refractivity contribution is 6.39. The fourth-order valence-corrected chi connectivity index (χ4v) is 4.79. The van der Waals surface area contributed by atoms with Gasteiger partial charge < -0.3 is 15.2 Å². The molecular formula is C24H23Cl2FN6. The highest BCUT2D eigenvalue weighted by Gasteiger charge is 2.23. The molecule has 9 heteroatoms. The summed E-state index contributed by atoms with van der Waals surface area (Å²) in [5.74, 6) is 1.35. The van der Waals surface area contributed by atoms with Crippen LogP contribution in [0.15, 0.2) is 48.7 Å². The Morgan fingerprint density at radius 1 is 1.15 bits per heavy atom. The van der Waals surface area contributed by atoms with E-state index in [-0.39, 0.29) is 11.9 Å². The van der Waals surface area contributed by atoms with E-state index in [9.17, 15) is 4.39 Å². The normalized spacial score (nSPS) is 16.9. The standard InChI is InChI=1S/C24H23Cl2FN6/c1-14(16-5-7-17(27)8-6-16)30-24-29-12-20-22(32-24)33(13-15-9-10-28-11-15)23(31-20)21-18(25)3-2-4-19(21)26/h2-8,12,14-15,28H,9-11,13H2,1H3,(H,29,30,32). The van der Waals surface area contributed by atoms with E-state index in [4.69, 9.17) is 33.2 Å². The number of nitrogens with zero attached hydrogens (tertiary/aromatic N) is 4. The number of fused-ring (bicyclic) bond motifs is 1. The predicted molar refractivity (Wildman–Crippen MR) is 130 cm³/mol. The average molecular weight is 485 g/mol. The van der Waals surface area contributed by atoms with E-state index in [1.54, 1.807) is 18.3 Å². The van der Waals surface area contributed by atoms with Crippen LogP contribution in [0.1, 0.15) is 24.9 Å². The molecule has 2 unspecified atom stereocenters. The molecule has 170 valence electrons. The van der Waals surface area contributed by atoms with Crippen LogP contribution >= 0.6 is 23.2 Å². The van der Waals surface area contributed by atoms with Gasteiger partial charge in [0.25, 0.3) is 0 Å². The molecule has 4 aromatic rings. The van der Waals surface area contributed by atoms with Gasteiger partial charge in [-0.05, 0) is 62.2 Å². The van der Waals surface area contributed by atoms with Crippen molar-refractivity contribution >= 4 is 40.3 Å². The number of imidazole rings is 1. The first-order chi connectivity index (χ1) is 16.0. The monoisotopic (exact) mass is 484 g/mol. The van der Waals surface area contributed by atoms with Crippen molar-refractivity contribution in [3.8, 4) is 11.4 Å². The Morgan fingerprint density at radius 3 is 2.61 bits per heavy atom. The quantitative estimate of drug-likeness (QED) is 0.366. The minimum absolute atomic E-state index is 0.101. The third-order valence-electron chi connectivity index (χ3n) is 5.99. The van der Waals surface area contributed by atoms with Gasteiger partial charge in [-0.15, -0.1) is 0 Å². The molecule has 0 amide bonds. The summed E-state index contributed by atoms with van der Waals surface area (Å²) in [6.45, 7) is 4.66. The summed E-state index contributed by atoms with van der Waals surface area (Å²) in [6.07, 6.45) is 2.78. The van der Waals surface area contributed by atoms with Gasteiger partial charge >= 0.3 is 0 Å². The third kappa shape index (κ3) is 4.53. The van der Waals surface area contributed by atoms with Crippen LogP contribution in [0.4, 0.5) is 10.3 Å². The minimum Gasteiger partial charge on any atom is -0.348 e. The van der Waals surface area contributed by atoms with Gasteiger partial charge in [0.05, 0.1) is 27.8 Å². The van der Waals surface area contributed by atoms with E-state index in [2.05, 4.69) is 20.2 Å². The zero-order valence-corrected chi connectivity index (χ0v) is 19.5. The second-order valence-corrected chi connectivity index (χ2v) is 9.14. The van der Waals surface area contributed by atoms with Crippen LogP contribution in [0, 0.1) is 11.7 Å². The number of rotatable bonds is 6. The lowest BCUT2D eigenvalue weighted by Crippen LogP contribution is -2.16. The lowest BCUT2D eigenvalue weighted by Gasteiger charge is -2.16. The number of nitrogens with one attached hydrogen (secondary N) is 2. The fraction of sp³-hybridized carbons (Fsp3) is 0.292. The Kier molecular flexibility index (Phi) is 6.19. The second kappa shape index (κ2) is 9.25. The van der Waals surface area contributed by atoms with E-state index in [0.717, 1.165) is 37.3 Å². The van der Waals surface area contributed by atoms with Crippen molar-refractivity contribution < 1.29 is 4.39 Å². The van der Waals surface area contributed by atoms with Crippen LogP contribution < -0.4 is 10.6 Å². The van der Waals surface area contributed by atoms with E-state index in [1.807, 2.05) is 25.1 Å². The summed E-state index contributed by atoms with van der Waals surface area (Å²) >= 11 is 13.1. The Bertz CT molecular complexity index is 1260. The summed E-state index contributed by atoms with van der Waals surface area (Å²) in [7, 11) is 0. The number of hydrogen-bond acceptors (Lipinski definition) is 5. The van der Waals surface area contributed by atoms with Crippen LogP contribution in [0.2, 0.25) is 10.0 Å². The second-order valence-electron chi connectivity index (χ2n) is 8.32. The van der Waals surface area contributed by atoms with E-state index in [1.165, 1.54) is 12.1 Å². The lowest BCUT2D eigenvalue weighted by atomic mass is 10.1. The molecule has 2 aromatic heterocycles. The van der Waals surface area contributed by atoms with Gasteiger partial charge in [0.15, 0.2) is 5.65 Å². The van der Waals surface area contributed by atoms with Crippen molar-refractivity contribution in [3.63, 3.8) is 0 Å². The summed E-state index contributed by atoms with van der Waals surface area (Å²) in [4.78, 5) is 14.1. The molecule has 0 spiro atoms. The molecular weight excluding hydrogens is 462 g/mol. The fourth-order valence-electron chi connectivity index (χ4n) is 4.22. The first-order valence-corrected chi connectivity index (χ1v) is 11.7. The van der Waals surface area contributed by atoms with Gasteiger partial charge in [0.2, 0.25) is 5.95 Å². The van der Waals surface area contributed by atoms with Crippen LogP contribution in [0.25, 0.3) is 22.6 Å². The Balaban J connectivity index is 1.56. The first-order valence-electron chi connectivity index (χ1n) is 10.9. The maximum absolute atomic E-state index is 13.3. The molecule has 2 atom stereocenters. The molecule has 33 heavy (non-hydrogen) atoms. The lowest BCUT2D eigenvalue weighted by molar-refractivity contribution is 0.490. The van der Waals surface area contributed by atoms with Gasteiger partial charge in [-0.1, -0.05) is 41.4 Å². The molecule has 2 aromatic carbocycles. The Morgan fingerprint density at radius 2 is 1.91 bits per heavy atom. The molecule has 5 rings (SSSR count). The molecule has 0 bridgehead atoms. The summed E-state index contributed by atoms with van der Waals surface area (Å²) in [5.41, 5.74) is 3.02. The molecule has 1 aliphatic rings. The number of anilines is 1. The van der Waals surface area contributed by atoms with Gasteiger partial charge in [0, 0.05) is 6.54 Å². The largest absolute Gasteiger partial charge is 0.348 e. The number of halogens is 3. The molecule has 1 aliphatic heterocycles. The summed E-state index contributed by atoms with van der Waals surface area (Å²) < 4.78 is 15.4. The third-order valence-corrected chi connectivity index (χ3v) is 6.62. The average Bonchev–Trinajstić information content (AvgIpc) is 3.43. The van der Waals surface area contributed by atoms with Crippen LogP contribution in [-0.4, -0.2) is 32.6 Å². The Hall–Kier alpha value is -2.74. The van der Waals surface area contributed by atoms with Gasteiger partial charge in [-0.3, -0.25) is 0 Å². The molecule has 6 nitrogen and oxygen atoms in total. The van der Waals surface area contributed by atoms with Crippen molar-refractivity contribution in [2.45, 2.75) is 25.9 Å². The van der Waals surface area contributed by atoms with Crippen molar-refractivity contribution in [1.29, 1.82) is 0 Å². The van der Waals surface area contributed by atoms with Crippen molar-refractivity contribution in [1.82, 2.24) is 24.8 Å². The molecule has 2 N–H and O–H groups in total. The highest BCUT2D eigenvalue weighted by Crippen LogP contribution is 2.36. The van der Waals surface area contributed by atoms with Gasteiger partial charge in [0.1, 0.15) is 17.2 Å². The first kappa shape index (κ1) is 22.1. The maximum atomic E-state index is 13.3. The molecule has 0 saturated carbocycles. The summed E-state index contributed by atoms with van der Waals surface area (Å²) in [6, 6.07) is 11.7. The number of benzene rings is 2. The highest BCUT2D eigenvalue weighted by atomic mass is 35.5. The maximum Gasteiger partial charge on any atom is 0.225 e.